The summed E-state index contributed by atoms with van der Waals surface area (Å²) in [6.07, 6.45) is 2.55. The van der Waals surface area contributed by atoms with E-state index in [1.807, 2.05) is 23.3 Å². The largest absolute Gasteiger partial charge is 0.467 e. The van der Waals surface area contributed by atoms with Crippen LogP contribution in [0.1, 0.15) is 11.3 Å². The predicted molar refractivity (Wildman–Crippen MR) is 89.5 cm³/mol. The summed E-state index contributed by atoms with van der Waals surface area (Å²) in [6.45, 7) is 0.615. The van der Waals surface area contributed by atoms with Crippen molar-refractivity contribution >= 4 is 45.2 Å². The first-order chi connectivity index (χ1) is 10.2. The molecule has 2 aromatic rings. The van der Waals surface area contributed by atoms with Crippen LogP contribution in [0.15, 0.2) is 24.3 Å². The van der Waals surface area contributed by atoms with Crippen LogP contribution in [0.5, 0.6) is 0 Å². The van der Waals surface area contributed by atoms with E-state index in [2.05, 4.69) is 17.1 Å². The second-order valence-corrected chi connectivity index (χ2v) is 6.41. The third-order valence-electron chi connectivity index (χ3n) is 3.89. The van der Waals surface area contributed by atoms with Gasteiger partial charge in [0.15, 0.2) is 0 Å². The Labute approximate surface area is 132 Å². The first-order valence-electron chi connectivity index (χ1n) is 6.66. The van der Waals surface area contributed by atoms with Crippen molar-refractivity contribution in [1.82, 2.24) is 9.88 Å². The van der Waals surface area contributed by atoms with Gasteiger partial charge in [-0.3, -0.25) is 0 Å². The number of esters is 1. The minimum atomic E-state index is -0.346. The standard InChI is InChI=1S/C15H16N2O2S2/c1-19-14(18)13-7-10-9-5-3-4-6-11(9)16-12(10)8-17(13)15(20)21-2/h3-6,13,16H,7-8H2,1-2H3. The van der Waals surface area contributed by atoms with E-state index in [1.54, 1.807) is 0 Å². The van der Waals surface area contributed by atoms with Gasteiger partial charge in [-0.25, -0.2) is 4.79 Å². The Kier molecular flexibility index (Phi) is 3.91. The molecule has 21 heavy (non-hydrogen) atoms. The third-order valence-corrected chi connectivity index (χ3v) is 5.20. The molecule has 1 aliphatic heterocycles. The van der Waals surface area contributed by atoms with Crippen molar-refractivity contribution in [3.8, 4) is 0 Å². The zero-order valence-electron chi connectivity index (χ0n) is 11.9. The van der Waals surface area contributed by atoms with Gasteiger partial charge in [0.25, 0.3) is 0 Å². The van der Waals surface area contributed by atoms with E-state index < -0.39 is 0 Å². The molecule has 6 heteroatoms. The minimum absolute atomic E-state index is 0.234. The number of ether oxygens (including phenoxy) is 1. The normalized spacial score (nSPS) is 17.6. The molecule has 0 aliphatic carbocycles. The van der Waals surface area contributed by atoms with Gasteiger partial charge < -0.3 is 14.6 Å². The van der Waals surface area contributed by atoms with Crippen molar-refractivity contribution < 1.29 is 9.53 Å². The molecule has 4 nitrogen and oxygen atoms in total. The van der Waals surface area contributed by atoms with Gasteiger partial charge in [0.1, 0.15) is 10.4 Å². The maximum absolute atomic E-state index is 12.1. The van der Waals surface area contributed by atoms with Gasteiger partial charge in [0.05, 0.1) is 13.7 Å². The summed E-state index contributed by atoms with van der Waals surface area (Å²) in [4.78, 5) is 17.5. The van der Waals surface area contributed by atoms with Gasteiger partial charge >= 0.3 is 5.97 Å². The molecule has 0 spiro atoms. The van der Waals surface area contributed by atoms with Crippen molar-refractivity contribution in [2.45, 2.75) is 19.0 Å². The maximum Gasteiger partial charge on any atom is 0.328 e. The molecular formula is C15H16N2O2S2. The summed E-state index contributed by atoms with van der Waals surface area (Å²) in [6, 6.07) is 7.82. The molecule has 1 N–H and O–H groups in total. The number of thiocarbonyl (C=S) groups is 1. The Morgan fingerprint density at radius 2 is 2.24 bits per heavy atom. The van der Waals surface area contributed by atoms with Crippen molar-refractivity contribution in [2.24, 2.45) is 0 Å². The second kappa shape index (κ2) is 5.69. The fraction of sp³-hybridized carbons (Fsp3) is 0.333. The maximum atomic E-state index is 12.1. The monoisotopic (exact) mass is 320 g/mol. The van der Waals surface area contributed by atoms with Crippen LogP contribution in [-0.2, 0) is 22.5 Å². The molecule has 0 saturated carbocycles. The Bertz CT molecular complexity index is 711. The molecule has 0 fully saturated rings. The summed E-state index contributed by atoms with van der Waals surface area (Å²) < 4.78 is 5.68. The van der Waals surface area contributed by atoms with Crippen molar-refractivity contribution in [2.75, 3.05) is 13.4 Å². The van der Waals surface area contributed by atoms with Crippen LogP contribution in [-0.4, -0.2) is 39.6 Å². The topological polar surface area (TPSA) is 45.3 Å². The fourth-order valence-electron chi connectivity index (χ4n) is 2.86. The number of hydrogen-bond donors (Lipinski definition) is 1. The van der Waals surface area contributed by atoms with Crippen LogP contribution in [0.3, 0.4) is 0 Å². The number of aromatic amines is 1. The molecular weight excluding hydrogens is 304 g/mol. The Morgan fingerprint density at radius 3 is 2.95 bits per heavy atom. The highest BCUT2D eigenvalue weighted by atomic mass is 32.2. The summed E-state index contributed by atoms with van der Waals surface area (Å²) in [5.41, 5.74) is 3.43. The lowest BCUT2D eigenvalue weighted by atomic mass is 9.97. The van der Waals surface area contributed by atoms with Gasteiger partial charge in [-0.05, 0) is 17.9 Å². The number of hydrogen-bond acceptors (Lipinski definition) is 4. The quantitative estimate of drug-likeness (QED) is 0.646. The summed E-state index contributed by atoms with van der Waals surface area (Å²) >= 11 is 6.88. The number of methoxy groups -OCH3 is 1. The molecule has 1 atom stereocenters. The van der Waals surface area contributed by atoms with E-state index >= 15 is 0 Å². The number of thioether (sulfide) groups is 1. The highest BCUT2D eigenvalue weighted by molar-refractivity contribution is 8.22. The van der Waals surface area contributed by atoms with E-state index in [1.165, 1.54) is 29.8 Å². The SMILES string of the molecule is COC(=O)C1Cc2c([nH]c3ccccc23)CN1C(=S)SC. The van der Waals surface area contributed by atoms with Crippen LogP contribution >= 0.6 is 24.0 Å². The third kappa shape index (κ3) is 2.42. The molecule has 1 unspecified atom stereocenters. The number of benzene rings is 1. The van der Waals surface area contributed by atoms with Gasteiger partial charge in [0.2, 0.25) is 0 Å². The molecule has 0 bridgehead atoms. The van der Waals surface area contributed by atoms with Crippen LogP contribution in [0.2, 0.25) is 0 Å². The number of fused-ring (bicyclic) bond motifs is 3. The van der Waals surface area contributed by atoms with E-state index in [4.69, 9.17) is 17.0 Å². The van der Waals surface area contributed by atoms with E-state index in [-0.39, 0.29) is 12.0 Å². The number of rotatable bonds is 1. The molecule has 1 aromatic heterocycles. The Hall–Kier alpha value is -1.53. The summed E-state index contributed by atoms with van der Waals surface area (Å²) in [5.74, 6) is -0.234. The second-order valence-electron chi connectivity index (χ2n) is 4.97. The first kappa shape index (κ1) is 14.4. The number of nitrogens with one attached hydrogen (secondary N) is 1. The van der Waals surface area contributed by atoms with Crippen molar-refractivity contribution in [3.05, 3.63) is 35.5 Å². The highest BCUT2D eigenvalue weighted by Crippen LogP contribution is 2.31. The minimum Gasteiger partial charge on any atom is -0.467 e. The van der Waals surface area contributed by atoms with Gasteiger partial charge in [-0.15, -0.1) is 11.8 Å². The summed E-state index contributed by atoms with van der Waals surface area (Å²) in [7, 11) is 1.42. The lowest BCUT2D eigenvalue weighted by molar-refractivity contribution is -0.145. The number of H-pyrrole nitrogens is 1. The van der Waals surface area contributed by atoms with Crippen LogP contribution in [0.4, 0.5) is 0 Å². The highest BCUT2D eigenvalue weighted by Gasteiger charge is 2.35. The van der Waals surface area contributed by atoms with Gasteiger partial charge in [-0.1, -0.05) is 30.4 Å². The summed E-state index contributed by atoms with van der Waals surface area (Å²) in [5, 5.41) is 1.18. The van der Waals surface area contributed by atoms with Gasteiger partial charge in [0, 0.05) is 23.0 Å². The molecule has 0 amide bonds. The number of carbonyl (C=O) groups excluding carboxylic acids is 1. The van der Waals surface area contributed by atoms with Crippen LogP contribution in [0.25, 0.3) is 10.9 Å². The van der Waals surface area contributed by atoms with Crippen molar-refractivity contribution in [1.29, 1.82) is 0 Å². The van der Waals surface area contributed by atoms with Gasteiger partial charge in [-0.2, -0.15) is 0 Å². The number of nitrogens with zero attached hydrogens (tertiary/aromatic N) is 1. The predicted octanol–water partition coefficient (Wildman–Crippen LogP) is 2.72. The lowest BCUT2D eigenvalue weighted by Gasteiger charge is -2.35. The molecule has 1 aliphatic rings. The zero-order valence-corrected chi connectivity index (χ0v) is 13.5. The van der Waals surface area contributed by atoms with E-state index in [0.717, 1.165) is 15.5 Å². The molecule has 1 aromatic carbocycles. The van der Waals surface area contributed by atoms with Crippen molar-refractivity contribution in [3.63, 3.8) is 0 Å². The van der Waals surface area contributed by atoms with E-state index in [0.29, 0.717) is 13.0 Å². The Balaban J connectivity index is 2.07. The number of para-hydroxylation sites is 1. The smallest absolute Gasteiger partial charge is 0.328 e. The van der Waals surface area contributed by atoms with E-state index in [9.17, 15) is 4.79 Å². The molecule has 0 radical (unpaired) electrons. The average Bonchev–Trinajstić information content (AvgIpc) is 2.89. The Morgan fingerprint density at radius 1 is 1.48 bits per heavy atom. The number of aromatic nitrogens is 1. The molecule has 0 saturated heterocycles. The van der Waals surface area contributed by atoms with Crippen LogP contribution < -0.4 is 0 Å². The molecule has 110 valence electrons. The number of carbonyl (C=O) groups is 1. The molecule has 3 rings (SSSR count). The first-order valence-corrected chi connectivity index (χ1v) is 8.30. The zero-order chi connectivity index (χ0) is 15.0. The average molecular weight is 320 g/mol. The fourth-order valence-corrected chi connectivity index (χ4v) is 3.48. The van der Waals surface area contributed by atoms with Crippen LogP contribution in [0, 0.1) is 0 Å². The molecule has 2 heterocycles. The lowest BCUT2D eigenvalue weighted by Crippen LogP contribution is -2.47.